The summed E-state index contributed by atoms with van der Waals surface area (Å²) in [5.41, 5.74) is 0. The molecule has 1 fully saturated rings. The van der Waals surface area contributed by atoms with Crippen LogP contribution in [0, 0.1) is 0 Å². The predicted molar refractivity (Wildman–Crippen MR) is 78.5 cm³/mol. The van der Waals surface area contributed by atoms with E-state index in [4.69, 9.17) is 9.47 Å². The van der Waals surface area contributed by atoms with Gasteiger partial charge in [0.25, 0.3) is 0 Å². The van der Waals surface area contributed by atoms with E-state index in [1.54, 1.807) is 0 Å². The van der Waals surface area contributed by atoms with E-state index in [9.17, 15) is 0 Å². The van der Waals surface area contributed by atoms with E-state index in [1.165, 1.54) is 0 Å². The minimum atomic E-state index is 0.197. The maximum atomic E-state index is 5.72. The number of ether oxygens (including phenoxy) is 2. The fraction of sp³-hybridized carbons (Fsp3) is 0.333. The Morgan fingerprint density at radius 1 is 1.18 bits per heavy atom. The zero-order valence-electron chi connectivity index (χ0n) is 8.96. The van der Waals surface area contributed by atoms with Crippen molar-refractivity contribution in [1.29, 1.82) is 0 Å². The molecular weight excluding hydrogens is 416 g/mol. The normalized spacial score (nSPS) is 22.3. The highest BCUT2D eigenvalue weighted by atomic mass is 79.9. The van der Waals surface area contributed by atoms with Crippen LogP contribution in [-0.4, -0.2) is 18.8 Å². The average molecular weight is 427 g/mol. The van der Waals surface area contributed by atoms with E-state index in [-0.39, 0.29) is 12.2 Å². The molecule has 2 atom stereocenters. The van der Waals surface area contributed by atoms with Gasteiger partial charge in [0.05, 0.1) is 10.6 Å². The van der Waals surface area contributed by atoms with Crippen LogP contribution in [0.5, 0.6) is 5.75 Å². The summed E-state index contributed by atoms with van der Waals surface area (Å²) < 4.78 is 14.0. The van der Waals surface area contributed by atoms with Crippen LogP contribution in [0.2, 0.25) is 0 Å². The first-order valence-corrected chi connectivity index (χ1v) is 7.53. The Bertz CT molecular complexity index is 434. The lowest BCUT2D eigenvalue weighted by molar-refractivity contribution is 0.259. The van der Waals surface area contributed by atoms with Gasteiger partial charge in [-0.15, -0.1) is 6.58 Å². The average Bonchev–Trinajstić information content (AvgIpc) is 3.01. The Morgan fingerprint density at radius 3 is 2.59 bits per heavy atom. The molecule has 1 aromatic rings. The van der Waals surface area contributed by atoms with Crippen molar-refractivity contribution in [2.75, 3.05) is 6.61 Å². The first-order chi connectivity index (χ1) is 8.11. The zero-order valence-corrected chi connectivity index (χ0v) is 13.7. The van der Waals surface area contributed by atoms with Crippen molar-refractivity contribution in [3.05, 3.63) is 38.2 Å². The quantitative estimate of drug-likeness (QED) is 0.387. The Hall–Kier alpha value is 0.160. The number of benzene rings is 1. The second kappa shape index (κ2) is 5.87. The molecule has 1 saturated heterocycles. The van der Waals surface area contributed by atoms with Crippen molar-refractivity contribution in [2.24, 2.45) is 0 Å². The Morgan fingerprint density at radius 2 is 1.88 bits per heavy atom. The smallest absolute Gasteiger partial charge is 0.134 e. The van der Waals surface area contributed by atoms with Gasteiger partial charge in [0.1, 0.15) is 18.5 Å². The summed E-state index contributed by atoms with van der Waals surface area (Å²) in [6.07, 6.45) is 3.24. The maximum Gasteiger partial charge on any atom is 0.134 e. The van der Waals surface area contributed by atoms with Crippen LogP contribution in [0.25, 0.3) is 0 Å². The van der Waals surface area contributed by atoms with Crippen molar-refractivity contribution >= 4 is 47.8 Å². The van der Waals surface area contributed by atoms with Gasteiger partial charge >= 0.3 is 0 Å². The number of hydrogen-bond donors (Lipinski definition) is 0. The molecule has 0 aliphatic carbocycles. The van der Waals surface area contributed by atoms with Crippen LogP contribution in [0.4, 0.5) is 0 Å². The molecule has 1 heterocycles. The van der Waals surface area contributed by atoms with Gasteiger partial charge in [-0.2, -0.15) is 0 Å². The highest BCUT2D eigenvalue weighted by Crippen LogP contribution is 2.35. The summed E-state index contributed by atoms with van der Waals surface area (Å²) in [6.45, 7) is 4.26. The van der Waals surface area contributed by atoms with Gasteiger partial charge < -0.3 is 9.47 Å². The SMILES string of the molecule is C=CCC1OC1COc1cc(Br)c(Br)cc1Br. The van der Waals surface area contributed by atoms with E-state index in [2.05, 4.69) is 54.4 Å². The third-order valence-corrected chi connectivity index (χ3v) is 4.93. The number of hydrogen-bond acceptors (Lipinski definition) is 2. The number of epoxide rings is 1. The molecule has 92 valence electrons. The summed E-state index contributed by atoms with van der Waals surface area (Å²) >= 11 is 10.3. The van der Waals surface area contributed by atoms with Crippen LogP contribution in [0.1, 0.15) is 6.42 Å². The molecule has 0 aromatic heterocycles. The second-order valence-electron chi connectivity index (χ2n) is 3.75. The molecular formula is C12H11Br3O2. The molecule has 2 unspecified atom stereocenters. The highest BCUT2D eigenvalue weighted by Gasteiger charge is 2.38. The van der Waals surface area contributed by atoms with Crippen LogP contribution >= 0.6 is 47.8 Å². The lowest BCUT2D eigenvalue weighted by Crippen LogP contribution is -2.07. The first kappa shape index (κ1) is 13.6. The molecule has 0 spiro atoms. The zero-order chi connectivity index (χ0) is 12.4. The molecule has 0 amide bonds. The Balaban J connectivity index is 1.91. The van der Waals surface area contributed by atoms with E-state index in [0.29, 0.717) is 6.61 Å². The fourth-order valence-electron chi connectivity index (χ4n) is 1.48. The van der Waals surface area contributed by atoms with Gasteiger partial charge in [-0.3, -0.25) is 0 Å². The molecule has 1 aliphatic heterocycles. The van der Waals surface area contributed by atoms with Crippen molar-refractivity contribution in [2.45, 2.75) is 18.6 Å². The summed E-state index contributed by atoms with van der Waals surface area (Å²) in [7, 11) is 0. The lowest BCUT2D eigenvalue weighted by atomic mass is 10.2. The Labute approximate surface area is 126 Å². The van der Waals surface area contributed by atoms with E-state index >= 15 is 0 Å². The summed E-state index contributed by atoms with van der Waals surface area (Å²) in [5, 5.41) is 0. The predicted octanol–water partition coefficient (Wildman–Crippen LogP) is 4.70. The largest absolute Gasteiger partial charge is 0.490 e. The third kappa shape index (κ3) is 3.56. The molecule has 17 heavy (non-hydrogen) atoms. The molecule has 0 radical (unpaired) electrons. The molecule has 0 N–H and O–H groups in total. The first-order valence-electron chi connectivity index (χ1n) is 5.15. The molecule has 1 aliphatic rings. The topological polar surface area (TPSA) is 21.8 Å². The Kier molecular flexibility index (Phi) is 4.69. The van der Waals surface area contributed by atoms with Gasteiger partial charge in [0.2, 0.25) is 0 Å². The maximum absolute atomic E-state index is 5.72. The van der Waals surface area contributed by atoms with Crippen LogP contribution in [0.3, 0.4) is 0 Å². The molecule has 2 rings (SSSR count). The van der Waals surface area contributed by atoms with Crippen molar-refractivity contribution in [1.82, 2.24) is 0 Å². The molecule has 0 saturated carbocycles. The van der Waals surface area contributed by atoms with Crippen molar-refractivity contribution in [3.63, 3.8) is 0 Å². The van der Waals surface area contributed by atoms with E-state index in [0.717, 1.165) is 25.6 Å². The number of rotatable bonds is 5. The fourth-order valence-corrected chi connectivity index (χ4v) is 2.91. The molecule has 0 bridgehead atoms. The summed E-state index contributed by atoms with van der Waals surface area (Å²) in [5.74, 6) is 0.813. The van der Waals surface area contributed by atoms with Crippen LogP contribution < -0.4 is 4.74 Å². The second-order valence-corrected chi connectivity index (χ2v) is 6.31. The van der Waals surface area contributed by atoms with Gasteiger partial charge in [0.15, 0.2) is 0 Å². The minimum Gasteiger partial charge on any atom is -0.490 e. The van der Waals surface area contributed by atoms with Crippen LogP contribution in [-0.2, 0) is 4.74 Å². The minimum absolute atomic E-state index is 0.197. The van der Waals surface area contributed by atoms with E-state index < -0.39 is 0 Å². The molecule has 5 heteroatoms. The van der Waals surface area contributed by atoms with Crippen LogP contribution in [0.15, 0.2) is 38.2 Å². The summed E-state index contributed by atoms with van der Waals surface area (Å²) in [4.78, 5) is 0. The van der Waals surface area contributed by atoms with E-state index in [1.807, 2.05) is 18.2 Å². The van der Waals surface area contributed by atoms with Gasteiger partial charge in [0, 0.05) is 8.95 Å². The standard InChI is InChI=1S/C12H11Br3O2/c1-2-3-10-12(17-10)6-16-11-5-8(14)7(13)4-9(11)15/h2,4-5,10,12H,1,3,6H2. The van der Waals surface area contributed by atoms with Crippen molar-refractivity contribution < 1.29 is 9.47 Å². The van der Waals surface area contributed by atoms with Gasteiger partial charge in [-0.25, -0.2) is 0 Å². The highest BCUT2D eigenvalue weighted by molar-refractivity contribution is 9.13. The van der Waals surface area contributed by atoms with Crippen molar-refractivity contribution in [3.8, 4) is 5.75 Å². The molecule has 1 aromatic carbocycles. The van der Waals surface area contributed by atoms with Gasteiger partial charge in [-0.1, -0.05) is 6.08 Å². The molecule has 2 nitrogen and oxygen atoms in total. The lowest BCUT2D eigenvalue weighted by Gasteiger charge is -2.08. The van der Waals surface area contributed by atoms with Gasteiger partial charge in [-0.05, 0) is 66.3 Å². The summed E-state index contributed by atoms with van der Waals surface area (Å²) in [6, 6.07) is 3.88. The third-order valence-electron chi connectivity index (χ3n) is 2.46. The number of halogens is 3. The monoisotopic (exact) mass is 424 g/mol.